The Labute approximate surface area is 193 Å². The average molecular weight is 463 g/mol. The van der Waals surface area contributed by atoms with E-state index in [0.29, 0.717) is 11.8 Å². The normalized spacial score (nSPS) is 20.7. The molecule has 1 aromatic rings. The summed E-state index contributed by atoms with van der Waals surface area (Å²) >= 11 is 0. The second-order valence-corrected chi connectivity index (χ2v) is 13.6. The van der Waals surface area contributed by atoms with Gasteiger partial charge in [-0.25, -0.2) is 9.59 Å². The van der Waals surface area contributed by atoms with E-state index in [1.807, 2.05) is 0 Å². The minimum Gasteiger partial charge on any atom is -0.465 e. The lowest BCUT2D eigenvalue weighted by molar-refractivity contribution is -0.149. The summed E-state index contributed by atoms with van der Waals surface area (Å²) in [5.74, 6) is -1.42. The Kier molecular flexibility index (Phi) is 8.56. The zero-order chi connectivity index (χ0) is 24.4. The highest BCUT2D eigenvalue weighted by Gasteiger charge is 2.43. The molecule has 1 fully saturated rings. The van der Waals surface area contributed by atoms with Crippen LogP contribution < -0.4 is 5.30 Å². The van der Waals surface area contributed by atoms with Crippen molar-refractivity contribution < 1.29 is 23.9 Å². The van der Waals surface area contributed by atoms with Crippen LogP contribution in [0.25, 0.3) is 0 Å². The highest BCUT2D eigenvalue weighted by Crippen LogP contribution is 2.59. The van der Waals surface area contributed by atoms with Crippen LogP contribution in [0.3, 0.4) is 0 Å². The number of Topliss-reactive ketones (excluding diaryl/α,β-unsaturated/α-hetero) is 1. The average Bonchev–Trinajstić information content (AvgIpc) is 3.13. The number of esters is 2. The van der Waals surface area contributed by atoms with E-state index in [4.69, 9.17) is 9.47 Å². The maximum absolute atomic E-state index is 13.3. The van der Waals surface area contributed by atoms with Gasteiger partial charge < -0.3 is 9.47 Å². The van der Waals surface area contributed by atoms with Gasteiger partial charge in [0.25, 0.3) is 5.78 Å². The van der Waals surface area contributed by atoms with Crippen LogP contribution in [0.5, 0.6) is 0 Å². The standard InChI is InChI=1S/C26H39O5P/c1-15(2)19-12-20(16(3)4)23(21(13-19)17(5)6)32(11-10-18(7)14-32)24(26(29)31-9)22(27)25(28)30-8/h12-13,15-18H,10-11,14H2,1-9H3. The summed E-state index contributed by atoms with van der Waals surface area (Å²) in [4.78, 5) is 38.8. The molecule has 2 atom stereocenters. The number of methoxy groups -OCH3 is 2. The molecule has 32 heavy (non-hydrogen) atoms. The van der Waals surface area contributed by atoms with Gasteiger partial charge in [0.2, 0.25) is 0 Å². The SMILES string of the molecule is COC(=O)C(=O)C(C(=O)OC)=P1(c2c(C(C)C)cc(C(C)C)cc2C(C)C)CCC(C)C1. The largest absolute Gasteiger partial charge is 0.465 e. The lowest BCUT2D eigenvalue weighted by Gasteiger charge is -2.33. The molecule has 1 heterocycles. The lowest BCUT2D eigenvalue weighted by Crippen LogP contribution is -2.37. The van der Waals surface area contributed by atoms with E-state index < -0.39 is 24.6 Å². The zero-order valence-corrected chi connectivity index (χ0v) is 22.0. The van der Waals surface area contributed by atoms with Gasteiger partial charge in [-0.3, -0.25) is 4.79 Å². The summed E-state index contributed by atoms with van der Waals surface area (Å²) in [5.41, 5.74) is 3.62. The quantitative estimate of drug-likeness (QED) is 0.251. The fourth-order valence-corrected chi connectivity index (χ4v) is 10.7. The molecule has 5 nitrogen and oxygen atoms in total. The molecule has 0 saturated carbocycles. The molecule has 1 aromatic carbocycles. The topological polar surface area (TPSA) is 69.7 Å². The first-order valence-corrected chi connectivity index (χ1v) is 13.7. The van der Waals surface area contributed by atoms with E-state index >= 15 is 0 Å². The van der Waals surface area contributed by atoms with Gasteiger partial charge in [0, 0.05) is 0 Å². The third-order valence-corrected chi connectivity index (χ3v) is 11.4. The molecule has 0 aliphatic carbocycles. The highest BCUT2D eigenvalue weighted by molar-refractivity contribution is 7.86. The molecule has 0 aromatic heterocycles. The predicted molar refractivity (Wildman–Crippen MR) is 133 cm³/mol. The fraction of sp³-hybridized carbons (Fsp3) is 0.615. The molecule has 2 unspecified atom stereocenters. The van der Waals surface area contributed by atoms with Crippen LogP contribution in [-0.2, 0) is 23.9 Å². The van der Waals surface area contributed by atoms with Gasteiger partial charge in [0.05, 0.1) is 14.2 Å². The van der Waals surface area contributed by atoms with Gasteiger partial charge >= 0.3 is 11.9 Å². The van der Waals surface area contributed by atoms with Crippen LogP contribution in [0.15, 0.2) is 12.1 Å². The van der Waals surface area contributed by atoms with Crippen molar-refractivity contribution in [2.75, 3.05) is 26.5 Å². The summed E-state index contributed by atoms with van der Waals surface area (Å²) in [5, 5.41) is 1.16. The van der Waals surface area contributed by atoms with Crippen molar-refractivity contribution in [3.05, 3.63) is 28.8 Å². The zero-order valence-electron chi connectivity index (χ0n) is 21.1. The number of rotatable bonds is 7. The summed E-state index contributed by atoms with van der Waals surface area (Å²) < 4.78 is 9.87. The maximum Gasteiger partial charge on any atom is 0.379 e. The van der Waals surface area contributed by atoms with Crippen molar-refractivity contribution >= 4 is 35.2 Å². The number of hydrogen-bond acceptors (Lipinski definition) is 5. The Hall–Kier alpha value is -1.87. The third-order valence-electron chi connectivity index (χ3n) is 6.55. The summed E-state index contributed by atoms with van der Waals surface area (Å²) in [7, 11) is 2.45. The first-order chi connectivity index (χ1) is 14.9. The number of carbonyl (C=O) groups is 3. The van der Waals surface area contributed by atoms with Crippen molar-refractivity contribution in [2.45, 2.75) is 72.6 Å². The van der Waals surface area contributed by atoms with Crippen LogP contribution in [-0.4, -0.2) is 49.6 Å². The maximum atomic E-state index is 13.3. The van der Waals surface area contributed by atoms with Gasteiger partial charge in [-0.2, -0.15) is 0 Å². The first-order valence-electron chi connectivity index (χ1n) is 11.5. The second kappa shape index (κ2) is 10.4. The molecule has 178 valence electrons. The van der Waals surface area contributed by atoms with Crippen LogP contribution in [0.2, 0.25) is 0 Å². The minimum atomic E-state index is -2.50. The molecule has 0 spiro atoms. The molecular formula is C26H39O5P. The van der Waals surface area contributed by atoms with Gasteiger partial charge in [0.15, 0.2) is 0 Å². The number of ketones is 1. The molecule has 0 N–H and O–H groups in total. The van der Waals surface area contributed by atoms with E-state index in [1.54, 1.807) is 0 Å². The Morgan fingerprint density at radius 1 is 0.875 bits per heavy atom. The molecule has 1 aliphatic heterocycles. The Morgan fingerprint density at radius 3 is 1.72 bits per heavy atom. The van der Waals surface area contributed by atoms with Crippen molar-refractivity contribution in [1.82, 2.24) is 0 Å². The predicted octanol–water partition coefficient (Wildman–Crippen LogP) is 4.83. The van der Waals surface area contributed by atoms with Crippen LogP contribution in [0.1, 0.15) is 89.3 Å². The first kappa shape index (κ1) is 26.4. The Morgan fingerprint density at radius 2 is 1.38 bits per heavy atom. The molecule has 1 saturated heterocycles. The monoisotopic (exact) mass is 462 g/mol. The van der Waals surface area contributed by atoms with Gasteiger partial charge in [0.1, 0.15) is 5.29 Å². The van der Waals surface area contributed by atoms with Crippen LogP contribution in [0, 0.1) is 5.92 Å². The molecule has 2 rings (SSSR count). The minimum absolute atomic E-state index is 0.0253. The molecule has 0 amide bonds. The van der Waals surface area contributed by atoms with E-state index in [9.17, 15) is 14.4 Å². The molecule has 0 radical (unpaired) electrons. The molecule has 0 bridgehead atoms. The van der Waals surface area contributed by atoms with Crippen LogP contribution >= 0.6 is 6.89 Å². The molecule has 1 aliphatic rings. The van der Waals surface area contributed by atoms with Gasteiger partial charge in [-0.1, -0.05) is 67.5 Å². The lowest BCUT2D eigenvalue weighted by atomic mass is 9.89. The Balaban J connectivity index is 3.16. The smallest absolute Gasteiger partial charge is 0.379 e. The fourth-order valence-electron chi connectivity index (χ4n) is 4.83. The van der Waals surface area contributed by atoms with Crippen molar-refractivity contribution in [1.29, 1.82) is 0 Å². The van der Waals surface area contributed by atoms with Gasteiger partial charge in [-0.05, 0) is 64.4 Å². The number of hydrogen-bond donors (Lipinski definition) is 0. The second-order valence-electron chi connectivity index (χ2n) is 9.94. The van der Waals surface area contributed by atoms with Crippen molar-refractivity contribution in [2.24, 2.45) is 5.92 Å². The van der Waals surface area contributed by atoms with E-state index in [-0.39, 0.29) is 17.1 Å². The van der Waals surface area contributed by atoms with Crippen LogP contribution in [0.4, 0.5) is 0 Å². The number of carbonyl (C=O) groups excluding carboxylic acids is 3. The van der Waals surface area contributed by atoms with Crippen molar-refractivity contribution in [3.8, 4) is 0 Å². The van der Waals surface area contributed by atoms with Gasteiger partial charge in [-0.15, -0.1) is 0 Å². The summed E-state index contributed by atoms with van der Waals surface area (Å²) in [6.07, 6.45) is 2.35. The molecular weight excluding hydrogens is 423 g/mol. The number of benzene rings is 1. The van der Waals surface area contributed by atoms with E-state index in [2.05, 4.69) is 60.6 Å². The summed E-state index contributed by atoms with van der Waals surface area (Å²) in [6.45, 7) is 12.6. The number of ether oxygens (including phenoxy) is 2. The van der Waals surface area contributed by atoms with Crippen molar-refractivity contribution in [3.63, 3.8) is 0 Å². The molecule has 6 heteroatoms. The Bertz CT molecular complexity index is 926. The highest BCUT2D eigenvalue weighted by atomic mass is 31.2. The third kappa shape index (κ3) is 4.88. The van der Waals surface area contributed by atoms with E-state index in [0.717, 1.165) is 24.0 Å². The van der Waals surface area contributed by atoms with E-state index in [1.165, 1.54) is 30.9 Å². The summed E-state index contributed by atoms with van der Waals surface area (Å²) in [6, 6.07) is 4.50.